The van der Waals surface area contributed by atoms with Crippen LogP contribution in [0.15, 0.2) is 24.3 Å². The third kappa shape index (κ3) is 3.66. The molecule has 3 unspecified atom stereocenters. The van der Waals surface area contributed by atoms with Crippen molar-refractivity contribution in [1.82, 2.24) is 5.32 Å². The first kappa shape index (κ1) is 15.2. The van der Waals surface area contributed by atoms with E-state index in [1.807, 2.05) is 31.3 Å². The molecule has 0 aliphatic heterocycles. The number of nitrogens with one attached hydrogen (secondary N) is 1. The molecule has 2 rings (SSSR count). The van der Waals surface area contributed by atoms with E-state index >= 15 is 0 Å². The van der Waals surface area contributed by atoms with Gasteiger partial charge in [-0.1, -0.05) is 19.9 Å². The average Bonchev–Trinajstić information content (AvgIpc) is 2.47. The van der Waals surface area contributed by atoms with Crippen molar-refractivity contribution in [2.24, 2.45) is 11.8 Å². The number of methoxy groups -OCH3 is 1. The molecule has 0 bridgehead atoms. The molecule has 1 saturated carbocycles. The Balaban J connectivity index is 2.06. The molecule has 20 heavy (non-hydrogen) atoms. The summed E-state index contributed by atoms with van der Waals surface area (Å²) in [6.07, 6.45) is 3.85. The SMILES string of the molecule is CNC1CCC(C(C)C)CC1Oc1cccc(OC)c1. The lowest BCUT2D eigenvalue weighted by molar-refractivity contribution is 0.0748. The van der Waals surface area contributed by atoms with Gasteiger partial charge in [-0.25, -0.2) is 0 Å². The van der Waals surface area contributed by atoms with Gasteiger partial charge in [-0.2, -0.15) is 0 Å². The van der Waals surface area contributed by atoms with Gasteiger partial charge in [0.1, 0.15) is 17.6 Å². The fraction of sp³-hybridized carbons (Fsp3) is 0.647. The van der Waals surface area contributed by atoms with E-state index in [0.717, 1.165) is 29.8 Å². The van der Waals surface area contributed by atoms with Crippen molar-refractivity contribution in [3.8, 4) is 11.5 Å². The molecule has 1 N–H and O–H groups in total. The van der Waals surface area contributed by atoms with E-state index in [-0.39, 0.29) is 6.10 Å². The molecule has 0 heterocycles. The molecular formula is C17H27NO2. The Morgan fingerprint density at radius 3 is 2.60 bits per heavy atom. The second-order valence-electron chi connectivity index (χ2n) is 6.05. The van der Waals surface area contributed by atoms with Crippen LogP contribution in [0.5, 0.6) is 11.5 Å². The Bertz CT molecular complexity index is 419. The fourth-order valence-electron chi connectivity index (χ4n) is 3.08. The molecule has 1 fully saturated rings. The van der Waals surface area contributed by atoms with E-state index in [2.05, 4.69) is 19.2 Å². The molecule has 112 valence electrons. The monoisotopic (exact) mass is 277 g/mol. The van der Waals surface area contributed by atoms with E-state index < -0.39 is 0 Å². The highest BCUT2D eigenvalue weighted by Crippen LogP contribution is 2.33. The minimum absolute atomic E-state index is 0.244. The number of likely N-dealkylation sites (N-methyl/N-ethyl adjacent to an activating group) is 1. The standard InChI is InChI=1S/C17H27NO2/c1-12(2)13-8-9-16(18-3)17(10-13)20-15-7-5-6-14(11-15)19-4/h5-7,11-13,16-18H,8-10H2,1-4H3. The second-order valence-corrected chi connectivity index (χ2v) is 6.05. The number of rotatable bonds is 5. The van der Waals surface area contributed by atoms with Gasteiger partial charge >= 0.3 is 0 Å². The third-order valence-electron chi connectivity index (χ3n) is 4.47. The van der Waals surface area contributed by atoms with Gasteiger partial charge in [0.15, 0.2) is 0 Å². The van der Waals surface area contributed by atoms with Crippen LogP contribution in [0.2, 0.25) is 0 Å². The Kier molecular flexibility index (Phi) is 5.30. The quantitative estimate of drug-likeness (QED) is 0.893. The van der Waals surface area contributed by atoms with Gasteiger partial charge in [0.05, 0.1) is 7.11 Å². The van der Waals surface area contributed by atoms with E-state index in [0.29, 0.717) is 6.04 Å². The minimum Gasteiger partial charge on any atom is -0.497 e. The van der Waals surface area contributed by atoms with Crippen molar-refractivity contribution in [3.63, 3.8) is 0 Å². The summed E-state index contributed by atoms with van der Waals surface area (Å²) in [5.74, 6) is 3.23. The van der Waals surface area contributed by atoms with Gasteiger partial charge in [-0.05, 0) is 50.3 Å². The Labute approximate surface area is 122 Å². The summed E-state index contributed by atoms with van der Waals surface area (Å²) in [6.45, 7) is 4.62. The summed E-state index contributed by atoms with van der Waals surface area (Å²) in [6, 6.07) is 8.34. The summed E-state index contributed by atoms with van der Waals surface area (Å²) in [5, 5.41) is 3.41. The first-order valence-electron chi connectivity index (χ1n) is 7.62. The fourth-order valence-corrected chi connectivity index (χ4v) is 3.08. The predicted octanol–water partition coefficient (Wildman–Crippen LogP) is 3.49. The van der Waals surface area contributed by atoms with Crippen LogP contribution >= 0.6 is 0 Å². The highest BCUT2D eigenvalue weighted by molar-refractivity contribution is 5.33. The van der Waals surface area contributed by atoms with Gasteiger partial charge in [0.2, 0.25) is 0 Å². The van der Waals surface area contributed by atoms with Gasteiger partial charge in [-0.15, -0.1) is 0 Å². The molecule has 1 aliphatic carbocycles. The van der Waals surface area contributed by atoms with Crippen molar-refractivity contribution in [2.45, 2.75) is 45.3 Å². The van der Waals surface area contributed by atoms with Crippen LogP contribution in [0.25, 0.3) is 0 Å². The van der Waals surface area contributed by atoms with Crippen molar-refractivity contribution < 1.29 is 9.47 Å². The maximum absolute atomic E-state index is 6.24. The molecule has 0 saturated heterocycles. The molecule has 1 aliphatic rings. The molecule has 0 aromatic heterocycles. The first-order chi connectivity index (χ1) is 9.63. The first-order valence-corrected chi connectivity index (χ1v) is 7.62. The Morgan fingerprint density at radius 2 is 1.95 bits per heavy atom. The number of hydrogen-bond acceptors (Lipinski definition) is 3. The third-order valence-corrected chi connectivity index (χ3v) is 4.47. The number of hydrogen-bond donors (Lipinski definition) is 1. The summed E-state index contributed by atoms with van der Waals surface area (Å²) in [4.78, 5) is 0. The van der Waals surface area contributed by atoms with Crippen LogP contribution in [0.3, 0.4) is 0 Å². The molecule has 3 heteroatoms. The van der Waals surface area contributed by atoms with Crippen LogP contribution in [-0.4, -0.2) is 26.3 Å². The smallest absolute Gasteiger partial charge is 0.123 e. The van der Waals surface area contributed by atoms with Gasteiger partial charge in [0.25, 0.3) is 0 Å². The Morgan fingerprint density at radius 1 is 1.20 bits per heavy atom. The summed E-state index contributed by atoms with van der Waals surface area (Å²) in [5.41, 5.74) is 0. The van der Waals surface area contributed by atoms with Gasteiger partial charge < -0.3 is 14.8 Å². The summed E-state index contributed by atoms with van der Waals surface area (Å²) < 4.78 is 11.5. The zero-order valence-electron chi connectivity index (χ0n) is 13.1. The molecule has 0 spiro atoms. The van der Waals surface area contributed by atoms with Gasteiger partial charge in [0, 0.05) is 12.1 Å². The van der Waals surface area contributed by atoms with Crippen molar-refractivity contribution in [3.05, 3.63) is 24.3 Å². The summed E-state index contributed by atoms with van der Waals surface area (Å²) >= 11 is 0. The lowest BCUT2D eigenvalue weighted by atomic mass is 9.78. The largest absolute Gasteiger partial charge is 0.497 e. The van der Waals surface area contributed by atoms with Crippen molar-refractivity contribution in [2.75, 3.05) is 14.2 Å². The van der Waals surface area contributed by atoms with Crippen molar-refractivity contribution >= 4 is 0 Å². The lowest BCUT2D eigenvalue weighted by Gasteiger charge is -2.37. The minimum atomic E-state index is 0.244. The van der Waals surface area contributed by atoms with Gasteiger partial charge in [-0.3, -0.25) is 0 Å². The zero-order valence-corrected chi connectivity index (χ0v) is 13.1. The van der Waals surface area contributed by atoms with E-state index in [9.17, 15) is 0 Å². The van der Waals surface area contributed by atoms with Crippen LogP contribution < -0.4 is 14.8 Å². The van der Waals surface area contributed by atoms with E-state index in [1.54, 1.807) is 7.11 Å². The molecule has 1 aromatic carbocycles. The lowest BCUT2D eigenvalue weighted by Crippen LogP contribution is -2.46. The highest BCUT2D eigenvalue weighted by Gasteiger charge is 2.32. The number of ether oxygens (including phenoxy) is 2. The molecule has 1 aromatic rings. The maximum atomic E-state index is 6.24. The highest BCUT2D eigenvalue weighted by atomic mass is 16.5. The molecule has 3 nitrogen and oxygen atoms in total. The normalized spacial score (nSPS) is 26.6. The topological polar surface area (TPSA) is 30.5 Å². The maximum Gasteiger partial charge on any atom is 0.123 e. The average molecular weight is 277 g/mol. The molecule has 0 radical (unpaired) electrons. The number of benzene rings is 1. The molecule has 0 amide bonds. The molecular weight excluding hydrogens is 250 g/mol. The van der Waals surface area contributed by atoms with Crippen LogP contribution in [0.1, 0.15) is 33.1 Å². The van der Waals surface area contributed by atoms with Crippen LogP contribution in [-0.2, 0) is 0 Å². The predicted molar refractivity (Wildman–Crippen MR) is 82.4 cm³/mol. The van der Waals surface area contributed by atoms with E-state index in [1.165, 1.54) is 12.8 Å². The Hall–Kier alpha value is -1.22. The summed E-state index contributed by atoms with van der Waals surface area (Å²) in [7, 11) is 3.72. The van der Waals surface area contributed by atoms with Crippen molar-refractivity contribution in [1.29, 1.82) is 0 Å². The molecule has 3 atom stereocenters. The zero-order chi connectivity index (χ0) is 14.5. The van der Waals surface area contributed by atoms with E-state index in [4.69, 9.17) is 9.47 Å². The second kappa shape index (κ2) is 6.98. The van der Waals surface area contributed by atoms with Crippen LogP contribution in [0, 0.1) is 11.8 Å². The van der Waals surface area contributed by atoms with Crippen LogP contribution in [0.4, 0.5) is 0 Å².